The van der Waals surface area contributed by atoms with E-state index in [2.05, 4.69) is 25.3 Å². The van der Waals surface area contributed by atoms with Gasteiger partial charge in [0.25, 0.3) is 11.4 Å². The fraction of sp³-hybridized carbons (Fsp3) is 0.588. The lowest BCUT2D eigenvalue weighted by molar-refractivity contribution is -0.121. The molecule has 0 unspecified atom stereocenters. The Bertz CT molecular complexity index is 812. The molecule has 1 amide bonds. The summed E-state index contributed by atoms with van der Waals surface area (Å²) >= 11 is 0. The molecule has 0 spiro atoms. The van der Waals surface area contributed by atoms with Gasteiger partial charge in [0.1, 0.15) is 5.56 Å². The van der Waals surface area contributed by atoms with Crippen LogP contribution >= 0.6 is 0 Å². The van der Waals surface area contributed by atoms with Gasteiger partial charge >= 0.3 is 0 Å². The van der Waals surface area contributed by atoms with Gasteiger partial charge in [0, 0.05) is 38.8 Å². The zero-order valence-corrected chi connectivity index (χ0v) is 15.4. The Morgan fingerprint density at radius 1 is 1.30 bits per heavy atom. The molecule has 2 aromatic rings. The fourth-order valence-corrected chi connectivity index (χ4v) is 2.83. The van der Waals surface area contributed by atoms with Gasteiger partial charge < -0.3 is 14.6 Å². The Labute approximate surface area is 156 Å². The van der Waals surface area contributed by atoms with E-state index in [1.165, 1.54) is 17.1 Å². The number of ether oxygens (including phenoxy) is 1. The average molecular weight is 376 g/mol. The highest BCUT2D eigenvalue weighted by atomic mass is 16.5. The van der Waals surface area contributed by atoms with Crippen molar-refractivity contribution >= 4 is 5.91 Å². The van der Waals surface area contributed by atoms with Crippen molar-refractivity contribution in [3.8, 4) is 11.5 Å². The van der Waals surface area contributed by atoms with Crippen LogP contribution in [0.4, 0.5) is 0 Å². The molecule has 1 aliphatic rings. The molecule has 1 saturated heterocycles. The minimum Gasteiger partial charge on any atom is -0.379 e. The van der Waals surface area contributed by atoms with E-state index in [0.717, 1.165) is 39.3 Å². The molecule has 0 saturated carbocycles. The molecule has 1 aliphatic heterocycles. The van der Waals surface area contributed by atoms with E-state index in [1.807, 2.05) is 0 Å². The predicted molar refractivity (Wildman–Crippen MR) is 96.0 cm³/mol. The molecule has 0 bridgehead atoms. The van der Waals surface area contributed by atoms with Gasteiger partial charge in [-0.15, -0.1) is 0 Å². The molecule has 0 atom stereocenters. The quantitative estimate of drug-likeness (QED) is 0.632. The molecule has 3 rings (SSSR count). The maximum atomic E-state index is 12.5. The standard InChI is InChI=1S/C17H24N6O4/c1-13-20-16(27-21-13)14-11-18-12-23(17(14)25)6-3-15(24)19-4-2-5-22-7-9-26-10-8-22/h11-12H,2-10H2,1H3,(H,19,24). The molecule has 10 nitrogen and oxygen atoms in total. The van der Waals surface area contributed by atoms with E-state index in [9.17, 15) is 9.59 Å². The molecule has 1 N–H and O–H groups in total. The number of aromatic nitrogens is 4. The van der Waals surface area contributed by atoms with Crippen molar-refractivity contribution in [3.05, 3.63) is 28.7 Å². The topological polar surface area (TPSA) is 115 Å². The molecule has 10 heteroatoms. The van der Waals surface area contributed by atoms with Crippen LogP contribution in [0.1, 0.15) is 18.7 Å². The van der Waals surface area contributed by atoms with Crippen molar-refractivity contribution in [2.45, 2.75) is 26.3 Å². The highest BCUT2D eigenvalue weighted by Crippen LogP contribution is 2.10. The molecule has 146 valence electrons. The van der Waals surface area contributed by atoms with E-state index >= 15 is 0 Å². The maximum absolute atomic E-state index is 12.5. The third-order valence-corrected chi connectivity index (χ3v) is 4.32. The van der Waals surface area contributed by atoms with Gasteiger partial charge in [0.05, 0.1) is 19.5 Å². The predicted octanol–water partition coefficient (Wildman–Crippen LogP) is -0.170. The zero-order valence-electron chi connectivity index (χ0n) is 15.4. The van der Waals surface area contributed by atoms with E-state index < -0.39 is 0 Å². The van der Waals surface area contributed by atoms with Crippen LogP contribution in [0.25, 0.3) is 11.5 Å². The van der Waals surface area contributed by atoms with E-state index in [4.69, 9.17) is 9.26 Å². The van der Waals surface area contributed by atoms with Crippen LogP contribution in [0.3, 0.4) is 0 Å². The van der Waals surface area contributed by atoms with Crippen LogP contribution in [0.15, 0.2) is 21.8 Å². The number of hydrogen-bond acceptors (Lipinski definition) is 8. The number of nitrogens with one attached hydrogen (secondary N) is 1. The van der Waals surface area contributed by atoms with Crippen LogP contribution in [-0.2, 0) is 16.1 Å². The maximum Gasteiger partial charge on any atom is 0.266 e. The van der Waals surface area contributed by atoms with Gasteiger partial charge in [-0.1, -0.05) is 5.16 Å². The van der Waals surface area contributed by atoms with Crippen molar-refractivity contribution in [1.82, 2.24) is 29.9 Å². The summed E-state index contributed by atoms with van der Waals surface area (Å²) in [5.41, 5.74) is -0.0854. The first-order valence-corrected chi connectivity index (χ1v) is 9.05. The Kier molecular flexibility index (Phi) is 6.66. The molecular weight excluding hydrogens is 352 g/mol. The summed E-state index contributed by atoms with van der Waals surface area (Å²) in [5.74, 6) is 0.478. The Morgan fingerprint density at radius 3 is 2.85 bits per heavy atom. The lowest BCUT2D eigenvalue weighted by Crippen LogP contribution is -2.38. The molecule has 2 aromatic heterocycles. The second-order valence-electron chi connectivity index (χ2n) is 6.36. The van der Waals surface area contributed by atoms with E-state index in [1.54, 1.807) is 6.92 Å². The minimum atomic E-state index is -0.311. The smallest absolute Gasteiger partial charge is 0.266 e. The first kappa shape index (κ1) is 19.2. The third-order valence-electron chi connectivity index (χ3n) is 4.32. The summed E-state index contributed by atoms with van der Waals surface area (Å²) in [6.45, 7) is 6.91. The van der Waals surface area contributed by atoms with Crippen molar-refractivity contribution in [2.75, 3.05) is 39.4 Å². The van der Waals surface area contributed by atoms with Gasteiger partial charge in [0.2, 0.25) is 5.91 Å². The first-order chi connectivity index (χ1) is 13.1. The Hall–Kier alpha value is -2.59. The third kappa shape index (κ3) is 5.44. The number of carbonyl (C=O) groups excluding carboxylic acids is 1. The number of morpholine rings is 1. The van der Waals surface area contributed by atoms with Crippen molar-refractivity contribution < 1.29 is 14.1 Å². The highest BCUT2D eigenvalue weighted by Gasteiger charge is 2.14. The average Bonchev–Trinajstić information content (AvgIpc) is 3.11. The van der Waals surface area contributed by atoms with Gasteiger partial charge in [-0.3, -0.25) is 19.1 Å². The Balaban J connectivity index is 1.44. The summed E-state index contributed by atoms with van der Waals surface area (Å²) in [6.07, 6.45) is 3.88. The molecule has 3 heterocycles. The number of carbonyl (C=O) groups is 1. The van der Waals surface area contributed by atoms with Gasteiger partial charge in [-0.05, 0) is 19.9 Å². The molecular formula is C17H24N6O4. The second-order valence-corrected chi connectivity index (χ2v) is 6.36. The fourth-order valence-electron chi connectivity index (χ4n) is 2.83. The van der Waals surface area contributed by atoms with E-state index in [-0.39, 0.29) is 35.9 Å². The Morgan fingerprint density at radius 2 is 2.11 bits per heavy atom. The molecule has 1 fully saturated rings. The van der Waals surface area contributed by atoms with Crippen molar-refractivity contribution in [2.24, 2.45) is 0 Å². The number of rotatable bonds is 8. The largest absolute Gasteiger partial charge is 0.379 e. The van der Waals surface area contributed by atoms with Crippen LogP contribution in [0.2, 0.25) is 0 Å². The van der Waals surface area contributed by atoms with Crippen LogP contribution < -0.4 is 10.9 Å². The van der Waals surface area contributed by atoms with Gasteiger partial charge in [-0.25, -0.2) is 4.98 Å². The lowest BCUT2D eigenvalue weighted by Gasteiger charge is -2.26. The van der Waals surface area contributed by atoms with Crippen LogP contribution in [0.5, 0.6) is 0 Å². The second kappa shape index (κ2) is 9.38. The molecule has 0 aliphatic carbocycles. The zero-order chi connectivity index (χ0) is 19.1. The summed E-state index contributed by atoms with van der Waals surface area (Å²) in [4.78, 5) is 34.9. The molecule has 0 aromatic carbocycles. The van der Waals surface area contributed by atoms with Crippen molar-refractivity contribution in [1.29, 1.82) is 0 Å². The summed E-state index contributed by atoms with van der Waals surface area (Å²) < 4.78 is 11.7. The lowest BCUT2D eigenvalue weighted by atomic mass is 10.3. The molecule has 0 radical (unpaired) electrons. The minimum absolute atomic E-state index is 0.0945. The number of aryl methyl sites for hydroxylation is 2. The monoisotopic (exact) mass is 376 g/mol. The SMILES string of the molecule is Cc1noc(-c2cncn(CCC(=O)NCCCN3CCOCC3)c2=O)n1. The highest BCUT2D eigenvalue weighted by molar-refractivity contribution is 5.75. The van der Waals surface area contributed by atoms with Gasteiger partial charge in [0.15, 0.2) is 5.82 Å². The number of nitrogens with zero attached hydrogens (tertiary/aromatic N) is 5. The van der Waals surface area contributed by atoms with E-state index in [0.29, 0.717) is 12.4 Å². The normalized spacial score (nSPS) is 15.0. The van der Waals surface area contributed by atoms with Crippen molar-refractivity contribution in [3.63, 3.8) is 0 Å². The summed E-state index contributed by atoms with van der Waals surface area (Å²) in [5, 5.41) is 6.57. The first-order valence-electron chi connectivity index (χ1n) is 9.05. The number of amides is 1. The summed E-state index contributed by atoms with van der Waals surface area (Å²) in [6, 6.07) is 0. The molecule has 27 heavy (non-hydrogen) atoms. The van der Waals surface area contributed by atoms with Crippen LogP contribution in [-0.4, -0.2) is 69.9 Å². The number of hydrogen-bond donors (Lipinski definition) is 1. The summed E-state index contributed by atoms with van der Waals surface area (Å²) in [7, 11) is 0. The van der Waals surface area contributed by atoms with Gasteiger partial charge in [-0.2, -0.15) is 4.98 Å². The van der Waals surface area contributed by atoms with Crippen LogP contribution in [0, 0.1) is 6.92 Å².